The Morgan fingerprint density at radius 1 is 1.18 bits per heavy atom. The van der Waals surface area contributed by atoms with Crippen LogP contribution in [0.4, 0.5) is 0 Å². The average Bonchev–Trinajstić information content (AvgIpc) is 3.34. The maximum atomic E-state index is 12.7. The summed E-state index contributed by atoms with van der Waals surface area (Å²) in [6.45, 7) is 3.47. The Hall–Kier alpha value is -2.35. The van der Waals surface area contributed by atoms with Gasteiger partial charge in [0.15, 0.2) is 16.6 Å². The van der Waals surface area contributed by atoms with Gasteiger partial charge in [-0.1, -0.05) is 23.9 Å². The number of benzene rings is 1. The van der Waals surface area contributed by atoms with Gasteiger partial charge in [-0.05, 0) is 44.7 Å². The Kier molecular flexibility index (Phi) is 4.58. The van der Waals surface area contributed by atoms with Crippen molar-refractivity contribution in [1.29, 1.82) is 0 Å². The zero-order valence-electron chi connectivity index (χ0n) is 15.9. The van der Waals surface area contributed by atoms with Gasteiger partial charge in [0.05, 0.1) is 5.75 Å². The van der Waals surface area contributed by atoms with Crippen molar-refractivity contribution in [3.63, 3.8) is 0 Å². The summed E-state index contributed by atoms with van der Waals surface area (Å²) in [4.78, 5) is 19.2. The first kappa shape index (κ1) is 17.7. The number of oxazole rings is 1. The van der Waals surface area contributed by atoms with Gasteiger partial charge in [-0.15, -0.1) is 10.2 Å². The number of aryl methyl sites for hydroxylation is 1. The lowest BCUT2D eigenvalue weighted by molar-refractivity contribution is -0.129. The van der Waals surface area contributed by atoms with Crippen LogP contribution in [0.15, 0.2) is 33.8 Å². The van der Waals surface area contributed by atoms with Crippen LogP contribution >= 0.6 is 11.8 Å². The van der Waals surface area contributed by atoms with Crippen molar-refractivity contribution >= 4 is 28.8 Å². The number of hydrogen-bond donors (Lipinski definition) is 0. The topological polar surface area (TPSA) is 77.1 Å². The fourth-order valence-electron chi connectivity index (χ4n) is 3.86. The number of likely N-dealkylation sites (tertiary alicyclic amines) is 1. The number of fused-ring (bicyclic) bond motifs is 1. The number of piperidine rings is 1. The molecule has 1 aromatic carbocycles. The molecule has 8 heteroatoms. The Labute approximate surface area is 167 Å². The summed E-state index contributed by atoms with van der Waals surface area (Å²) < 4.78 is 8.09. The highest BCUT2D eigenvalue weighted by atomic mass is 32.2. The van der Waals surface area contributed by atoms with Crippen molar-refractivity contribution in [2.24, 2.45) is 0 Å². The minimum Gasteiger partial charge on any atom is -0.440 e. The average molecular weight is 398 g/mol. The maximum absolute atomic E-state index is 12.7. The summed E-state index contributed by atoms with van der Waals surface area (Å²) in [6, 6.07) is 8.38. The van der Waals surface area contributed by atoms with Crippen LogP contribution in [0, 0.1) is 6.92 Å². The standard InChI is InChI=1S/C20H23N5O2S/c1-13-22-23-20(25(13)15-6-7-15)28-12-18(26)24-10-8-14(9-11-24)19-21-16-4-2-3-5-17(16)27-19/h2-5,14-15H,6-12H2,1H3. The van der Waals surface area contributed by atoms with E-state index in [0.29, 0.717) is 11.8 Å². The van der Waals surface area contributed by atoms with Gasteiger partial charge in [-0.3, -0.25) is 4.79 Å². The molecule has 7 nitrogen and oxygen atoms in total. The molecule has 1 aliphatic carbocycles. The van der Waals surface area contributed by atoms with Crippen LogP contribution in [0.3, 0.4) is 0 Å². The SMILES string of the molecule is Cc1nnc(SCC(=O)N2CCC(c3nc4ccccc4o3)CC2)n1C1CC1. The van der Waals surface area contributed by atoms with Crippen molar-refractivity contribution in [3.05, 3.63) is 36.0 Å². The third-order valence-corrected chi connectivity index (χ3v) is 6.51. The van der Waals surface area contributed by atoms with E-state index in [9.17, 15) is 4.79 Å². The number of carbonyl (C=O) groups is 1. The monoisotopic (exact) mass is 397 g/mol. The predicted octanol–water partition coefficient (Wildman–Crippen LogP) is 3.56. The van der Waals surface area contributed by atoms with E-state index in [1.165, 1.54) is 24.6 Å². The molecule has 146 valence electrons. The molecule has 2 aromatic heterocycles. The van der Waals surface area contributed by atoms with E-state index in [0.717, 1.165) is 53.9 Å². The van der Waals surface area contributed by atoms with Crippen LogP contribution < -0.4 is 0 Å². The molecule has 28 heavy (non-hydrogen) atoms. The fraction of sp³-hybridized carbons (Fsp3) is 0.500. The molecular weight excluding hydrogens is 374 g/mol. The van der Waals surface area contributed by atoms with E-state index < -0.39 is 0 Å². The number of carbonyl (C=O) groups excluding carboxylic acids is 1. The van der Waals surface area contributed by atoms with Gasteiger partial charge in [0, 0.05) is 25.0 Å². The second-order valence-electron chi connectivity index (χ2n) is 7.59. The van der Waals surface area contributed by atoms with Gasteiger partial charge in [0.1, 0.15) is 11.3 Å². The predicted molar refractivity (Wildman–Crippen MR) is 106 cm³/mol. The Balaban J connectivity index is 1.17. The number of amides is 1. The number of thioether (sulfide) groups is 1. The molecule has 0 N–H and O–H groups in total. The van der Waals surface area contributed by atoms with Crippen LogP contribution in [-0.2, 0) is 4.79 Å². The van der Waals surface area contributed by atoms with E-state index in [2.05, 4.69) is 19.7 Å². The van der Waals surface area contributed by atoms with E-state index in [4.69, 9.17) is 4.42 Å². The molecule has 1 aliphatic heterocycles. The molecule has 5 rings (SSSR count). The molecule has 2 aliphatic rings. The van der Waals surface area contributed by atoms with Crippen LogP contribution in [0.5, 0.6) is 0 Å². The molecular formula is C20H23N5O2S. The molecule has 0 spiro atoms. The highest BCUT2D eigenvalue weighted by Crippen LogP contribution is 2.38. The largest absolute Gasteiger partial charge is 0.440 e. The second kappa shape index (κ2) is 7.24. The van der Waals surface area contributed by atoms with E-state index in [-0.39, 0.29) is 11.8 Å². The van der Waals surface area contributed by atoms with Gasteiger partial charge < -0.3 is 13.9 Å². The Morgan fingerprint density at radius 3 is 2.71 bits per heavy atom. The molecule has 0 radical (unpaired) electrons. The molecule has 3 aromatic rings. The zero-order chi connectivity index (χ0) is 19.1. The van der Waals surface area contributed by atoms with Crippen molar-refractivity contribution in [2.45, 2.75) is 49.7 Å². The fourth-order valence-corrected chi connectivity index (χ4v) is 4.81. The number of nitrogens with zero attached hydrogens (tertiary/aromatic N) is 5. The molecule has 2 fully saturated rings. The van der Waals surface area contributed by atoms with E-state index in [1.54, 1.807) is 0 Å². The van der Waals surface area contributed by atoms with Gasteiger partial charge in [0.2, 0.25) is 5.91 Å². The second-order valence-corrected chi connectivity index (χ2v) is 8.54. The zero-order valence-corrected chi connectivity index (χ0v) is 16.7. The first-order valence-corrected chi connectivity index (χ1v) is 10.8. The van der Waals surface area contributed by atoms with Crippen LogP contribution in [0.25, 0.3) is 11.1 Å². The number of aromatic nitrogens is 4. The first-order valence-electron chi connectivity index (χ1n) is 9.86. The third kappa shape index (κ3) is 3.41. The lowest BCUT2D eigenvalue weighted by atomic mass is 9.97. The summed E-state index contributed by atoms with van der Waals surface area (Å²) in [5.74, 6) is 2.61. The van der Waals surface area contributed by atoms with Crippen LogP contribution in [-0.4, -0.2) is 49.4 Å². The third-order valence-electron chi connectivity index (χ3n) is 5.58. The summed E-state index contributed by atoms with van der Waals surface area (Å²) in [5, 5.41) is 9.30. The van der Waals surface area contributed by atoms with Crippen molar-refractivity contribution in [1.82, 2.24) is 24.6 Å². The molecule has 0 bridgehead atoms. The van der Waals surface area contributed by atoms with Gasteiger partial charge in [-0.25, -0.2) is 4.98 Å². The molecule has 0 atom stereocenters. The van der Waals surface area contributed by atoms with Crippen LogP contribution in [0.2, 0.25) is 0 Å². The molecule has 0 unspecified atom stereocenters. The van der Waals surface area contributed by atoms with Gasteiger partial charge in [0.25, 0.3) is 0 Å². The summed E-state index contributed by atoms with van der Waals surface area (Å²) in [5.41, 5.74) is 1.74. The van der Waals surface area contributed by atoms with E-state index in [1.807, 2.05) is 36.1 Å². The Morgan fingerprint density at radius 2 is 1.96 bits per heavy atom. The number of hydrogen-bond acceptors (Lipinski definition) is 6. The van der Waals surface area contributed by atoms with Crippen molar-refractivity contribution in [2.75, 3.05) is 18.8 Å². The van der Waals surface area contributed by atoms with Crippen molar-refractivity contribution < 1.29 is 9.21 Å². The van der Waals surface area contributed by atoms with Crippen LogP contribution in [0.1, 0.15) is 49.4 Å². The highest BCUT2D eigenvalue weighted by Gasteiger charge is 2.30. The maximum Gasteiger partial charge on any atom is 0.233 e. The lowest BCUT2D eigenvalue weighted by Gasteiger charge is -2.30. The summed E-state index contributed by atoms with van der Waals surface area (Å²) >= 11 is 1.51. The van der Waals surface area contributed by atoms with Gasteiger partial charge in [-0.2, -0.15) is 0 Å². The quantitative estimate of drug-likeness (QED) is 0.613. The normalized spacial score (nSPS) is 18.1. The molecule has 1 amide bonds. The smallest absolute Gasteiger partial charge is 0.233 e. The lowest BCUT2D eigenvalue weighted by Crippen LogP contribution is -2.39. The summed E-state index contributed by atoms with van der Waals surface area (Å²) in [6.07, 6.45) is 4.15. The molecule has 1 saturated carbocycles. The molecule has 3 heterocycles. The van der Waals surface area contributed by atoms with Gasteiger partial charge >= 0.3 is 0 Å². The Bertz CT molecular complexity index is 968. The van der Waals surface area contributed by atoms with E-state index >= 15 is 0 Å². The minimum atomic E-state index is 0.170. The van der Waals surface area contributed by atoms with Crippen molar-refractivity contribution in [3.8, 4) is 0 Å². The highest BCUT2D eigenvalue weighted by molar-refractivity contribution is 7.99. The first-order chi connectivity index (χ1) is 13.7. The number of para-hydroxylation sites is 2. The summed E-state index contributed by atoms with van der Waals surface area (Å²) in [7, 11) is 0. The number of rotatable bonds is 5. The molecule has 1 saturated heterocycles. The minimum absolute atomic E-state index is 0.170.